The maximum atomic E-state index is 5.36. The highest BCUT2D eigenvalue weighted by atomic mass is 16.5. The van der Waals surface area contributed by atoms with Crippen molar-refractivity contribution in [2.75, 3.05) is 32.8 Å². The Morgan fingerprint density at radius 1 is 1.17 bits per heavy atom. The zero-order valence-electron chi connectivity index (χ0n) is 10.7. The largest absolute Gasteiger partial charge is 0.379 e. The van der Waals surface area contributed by atoms with Gasteiger partial charge in [-0.1, -0.05) is 18.2 Å². The molecule has 96 valence electrons. The van der Waals surface area contributed by atoms with Gasteiger partial charge in [-0.15, -0.1) is 0 Å². The van der Waals surface area contributed by atoms with Gasteiger partial charge in [-0.2, -0.15) is 0 Å². The smallest absolute Gasteiger partial charge is 0.0594 e. The highest BCUT2D eigenvalue weighted by molar-refractivity contribution is 5.80. The predicted octanol–water partition coefficient (Wildman–Crippen LogP) is 2.43. The molecule has 0 amide bonds. The summed E-state index contributed by atoms with van der Waals surface area (Å²) in [5, 5.41) is 1.32. The third kappa shape index (κ3) is 2.74. The van der Waals surface area contributed by atoms with E-state index in [1.165, 1.54) is 29.6 Å². The summed E-state index contributed by atoms with van der Waals surface area (Å²) in [5.41, 5.74) is 2.60. The first-order chi connectivity index (χ1) is 8.92. The number of hydrogen-bond donors (Lipinski definition) is 1. The van der Waals surface area contributed by atoms with Gasteiger partial charge >= 0.3 is 0 Å². The zero-order valence-corrected chi connectivity index (χ0v) is 10.7. The maximum absolute atomic E-state index is 5.36. The SMILES string of the molecule is c1ccc2[nH]c(CCCN3CCOCC3)cc2c1. The Kier molecular flexibility index (Phi) is 3.62. The van der Waals surface area contributed by atoms with Crippen LogP contribution in [0.5, 0.6) is 0 Å². The number of H-pyrrole nitrogens is 1. The van der Waals surface area contributed by atoms with E-state index in [4.69, 9.17) is 4.74 Å². The van der Waals surface area contributed by atoms with E-state index in [0.29, 0.717) is 0 Å². The third-order valence-corrected chi connectivity index (χ3v) is 3.61. The van der Waals surface area contributed by atoms with Gasteiger partial charge in [0.1, 0.15) is 0 Å². The summed E-state index contributed by atoms with van der Waals surface area (Å²) in [6, 6.07) is 10.7. The number of morpholine rings is 1. The van der Waals surface area contributed by atoms with Gasteiger partial charge in [0.15, 0.2) is 0 Å². The van der Waals surface area contributed by atoms with Gasteiger partial charge < -0.3 is 9.72 Å². The van der Waals surface area contributed by atoms with Crippen molar-refractivity contribution in [2.24, 2.45) is 0 Å². The molecular formula is C15H20N2O. The molecule has 0 bridgehead atoms. The van der Waals surface area contributed by atoms with Crippen LogP contribution in [0.3, 0.4) is 0 Å². The van der Waals surface area contributed by atoms with Crippen LogP contribution in [-0.4, -0.2) is 42.7 Å². The maximum Gasteiger partial charge on any atom is 0.0594 e. The number of hydrogen-bond acceptors (Lipinski definition) is 2. The van der Waals surface area contributed by atoms with Crippen molar-refractivity contribution in [3.05, 3.63) is 36.0 Å². The first-order valence-corrected chi connectivity index (χ1v) is 6.78. The Balaban J connectivity index is 1.53. The highest BCUT2D eigenvalue weighted by Crippen LogP contribution is 2.15. The molecule has 0 aliphatic carbocycles. The molecule has 2 aromatic rings. The van der Waals surface area contributed by atoms with Crippen LogP contribution in [0.2, 0.25) is 0 Å². The van der Waals surface area contributed by atoms with Gasteiger partial charge in [0.05, 0.1) is 13.2 Å². The Labute approximate surface area is 108 Å². The summed E-state index contributed by atoms with van der Waals surface area (Å²) in [6.45, 7) is 5.15. The van der Waals surface area contributed by atoms with E-state index >= 15 is 0 Å². The van der Waals surface area contributed by atoms with Crippen molar-refractivity contribution >= 4 is 10.9 Å². The monoisotopic (exact) mass is 244 g/mol. The number of nitrogens with zero attached hydrogens (tertiary/aromatic N) is 1. The van der Waals surface area contributed by atoms with Crippen LogP contribution in [0.4, 0.5) is 0 Å². The minimum atomic E-state index is 0.895. The minimum Gasteiger partial charge on any atom is -0.379 e. The van der Waals surface area contributed by atoms with E-state index in [0.717, 1.165) is 32.7 Å². The number of aryl methyl sites for hydroxylation is 1. The fourth-order valence-electron chi connectivity index (χ4n) is 2.59. The summed E-state index contributed by atoms with van der Waals surface area (Å²) in [6.07, 6.45) is 2.35. The molecule has 0 unspecified atom stereocenters. The standard InChI is InChI=1S/C15H20N2O/c1-2-6-15-13(4-1)12-14(16-15)5-3-7-17-8-10-18-11-9-17/h1-2,4,6,12,16H,3,5,7-11H2. The number of benzene rings is 1. The van der Waals surface area contributed by atoms with Crippen molar-refractivity contribution < 1.29 is 4.74 Å². The molecule has 1 aromatic heterocycles. The van der Waals surface area contributed by atoms with E-state index in [1.54, 1.807) is 0 Å². The zero-order chi connectivity index (χ0) is 12.2. The Bertz CT molecular complexity index is 467. The molecule has 0 saturated carbocycles. The second kappa shape index (κ2) is 5.55. The lowest BCUT2D eigenvalue weighted by Gasteiger charge is -2.26. The number of fused-ring (bicyclic) bond motifs is 1. The molecule has 1 saturated heterocycles. The lowest BCUT2D eigenvalue weighted by molar-refractivity contribution is 0.0374. The van der Waals surface area contributed by atoms with Crippen LogP contribution >= 0.6 is 0 Å². The van der Waals surface area contributed by atoms with Crippen LogP contribution in [0, 0.1) is 0 Å². The molecule has 1 fully saturated rings. The number of aromatic amines is 1. The van der Waals surface area contributed by atoms with Gasteiger partial charge in [0, 0.05) is 24.3 Å². The second-order valence-electron chi connectivity index (χ2n) is 4.94. The topological polar surface area (TPSA) is 28.3 Å². The van der Waals surface area contributed by atoms with E-state index in [2.05, 4.69) is 40.2 Å². The number of nitrogens with one attached hydrogen (secondary N) is 1. The molecule has 1 N–H and O–H groups in total. The summed E-state index contributed by atoms with van der Waals surface area (Å²) in [5.74, 6) is 0. The van der Waals surface area contributed by atoms with E-state index in [9.17, 15) is 0 Å². The van der Waals surface area contributed by atoms with Crippen molar-refractivity contribution in [1.82, 2.24) is 9.88 Å². The van der Waals surface area contributed by atoms with E-state index < -0.39 is 0 Å². The molecular weight excluding hydrogens is 224 g/mol. The van der Waals surface area contributed by atoms with Crippen LogP contribution < -0.4 is 0 Å². The molecule has 18 heavy (non-hydrogen) atoms. The van der Waals surface area contributed by atoms with Crippen molar-refractivity contribution in [3.63, 3.8) is 0 Å². The summed E-state index contributed by atoms with van der Waals surface area (Å²) in [4.78, 5) is 5.98. The van der Waals surface area contributed by atoms with Crippen molar-refractivity contribution in [2.45, 2.75) is 12.8 Å². The van der Waals surface area contributed by atoms with Gasteiger partial charge in [-0.3, -0.25) is 4.90 Å². The summed E-state index contributed by atoms with van der Waals surface area (Å²) in [7, 11) is 0. The predicted molar refractivity (Wildman–Crippen MR) is 73.9 cm³/mol. The number of rotatable bonds is 4. The van der Waals surface area contributed by atoms with Crippen LogP contribution in [0.25, 0.3) is 10.9 Å². The highest BCUT2D eigenvalue weighted by Gasteiger charge is 2.09. The van der Waals surface area contributed by atoms with Gasteiger partial charge in [0.25, 0.3) is 0 Å². The average Bonchev–Trinajstić information content (AvgIpc) is 2.82. The normalized spacial score (nSPS) is 17.3. The lowest BCUT2D eigenvalue weighted by Crippen LogP contribution is -2.36. The quantitative estimate of drug-likeness (QED) is 0.894. The van der Waals surface area contributed by atoms with Gasteiger partial charge in [0.2, 0.25) is 0 Å². The van der Waals surface area contributed by atoms with E-state index in [1.807, 2.05) is 0 Å². The summed E-state index contributed by atoms with van der Waals surface area (Å²) < 4.78 is 5.36. The van der Waals surface area contributed by atoms with Crippen LogP contribution in [0.1, 0.15) is 12.1 Å². The Morgan fingerprint density at radius 3 is 2.83 bits per heavy atom. The molecule has 1 aliphatic rings. The van der Waals surface area contributed by atoms with Gasteiger partial charge in [-0.05, 0) is 36.9 Å². The Hall–Kier alpha value is -1.32. The Morgan fingerprint density at radius 2 is 2.00 bits per heavy atom. The molecule has 1 aliphatic heterocycles. The van der Waals surface area contributed by atoms with Crippen molar-refractivity contribution in [3.8, 4) is 0 Å². The number of ether oxygens (including phenoxy) is 1. The van der Waals surface area contributed by atoms with E-state index in [-0.39, 0.29) is 0 Å². The number of aromatic nitrogens is 1. The molecule has 0 spiro atoms. The number of para-hydroxylation sites is 1. The van der Waals surface area contributed by atoms with Crippen molar-refractivity contribution in [1.29, 1.82) is 0 Å². The van der Waals surface area contributed by atoms with Crippen LogP contribution in [0.15, 0.2) is 30.3 Å². The molecule has 1 aromatic carbocycles. The third-order valence-electron chi connectivity index (χ3n) is 3.61. The second-order valence-corrected chi connectivity index (χ2v) is 4.94. The summed E-state index contributed by atoms with van der Waals surface area (Å²) >= 11 is 0. The molecule has 0 radical (unpaired) electrons. The van der Waals surface area contributed by atoms with Crippen LogP contribution in [-0.2, 0) is 11.2 Å². The van der Waals surface area contributed by atoms with Gasteiger partial charge in [-0.25, -0.2) is 0 Å². The first kappa shape index (κ1) is 11.8. The fourth-order valence-corrected chi connectivity index (χ4v) is 2.59. The molecule has 3 rings (SSSR count). The minimum absolute atomic E-state index is 0.895. The molecule has 3 nitrogen and oxygen atoms in total. The molecule has 3 heteroatoms. The molecule has 0 atom stereocenters. The molecule has 2 heterocycles. The average molecular weight is 244 g/mol. The first-order valence-electron chi connectivity index (χ1n) is 6.78. The lowest BCUT2D eigenvalue weighted by atomic mass is 10.2. The fraction of sp³-hybridized carbons (Fsp3) is 0.467.